The van der Waals surface area contributed by atoms with Crippen LogP contribution >= 0.6 is 11.6 Å². The molecule has 0 saturated heterocycles. The Morgan fingerprint density at radius 2 is 1.71 bits per heavy atom. The normalized spacial score (nSPS) is 11.1. The number of hydrogen-bond donors (Lipinski definition) is 0. The SMILES string of the molecule is COc1cc(C=Nc2ccc(-c3nc4ccccc4o3)cc2)ccc1OC(=O)c1ccc(Cl)cc1. The molecule has 0 amide bonds. The third kappa shape index (κ3) is 5.08. The Morgan fingerprint density at radius 1 is 0.943 bits per heavy atom. The first-order chi connectivity index (χ1) is 17.1. The molecular weight excluding hydrogens is 464 g/mol. The Balaban J connectivity index is 1.29. The number of aromatic nitrogens is 1. The summed E-state index contributed by atoms with van der Waals surface area (Å²) < 4.78 is 16.7. The van der Waals surface area contributed by atoms with Crippen LogP contribution in [0, 0.1) is 0 Å². The van der Waals surface area contributed by atoms with Gasteiger partial charge in [-0.2, -0.15) is 0 Å². The van der Waals surface area contributed by atoms with Gasteiger partial charge in [0.1, 0.15) is 5.52 Å². The highest BCUT2D eigenvalue weighted by Gasteiger charge is 2.13. The van der Waals surface area contributed by atoms with Crippen LogP contribution in [0.15, 0.2) is 100 Å². The van der Waals surface area contributed by atoms with Gasteiger partial charge in [0, 0.05) is 16.8 Å². The third-order valence-corrected chi connectivity index (χ3v) is 5.49. The van der Waals surface area contributed by atoms with Crippen molar-refractivity contribution in [3.8, 4) is 23.0 Å². The lowest BCUT2D eigenvalue weighted by molar-refractivity contribution is 0.0729. The molecule has 1 heterocycles. The molecule has 0 aliphatic heterocycles. The summed E-state index contributed by atoms with van der Waals surface area (Å²) >= 11 is 5.88. The zero-order valence-corrected chi connectivity index (χ0v) is 19.4. The molecule has 0 spiro atoms. The molecule has 172 valence electrons. The van der Waals surface area contributed by atoms with Gasteiger partial charge in [0.15, 0.2) is 17.1 Å². The fourth-order valence-corrected chi connectivity index (χ4v) is 3.55. The lowest BCUT2D eigenvalue weighted by Crippen LogP contribution is -2.09. The van der Waals surface area contributed by atoms with Gasteiger partial charge in [-0.15, -0.1) is 0 Å². The summed E-state index contributed by atoms with van der Waals surface area (Å²) in [5, 5.41) is 0.545. The Bertz CT molecular complexity index is 1490. The number of para-hydroxylation sites is 2. The second-order valence-corrected chi connectivity index (χ2v) is 8.03. The molecule has 5 aromatic rings. The van der Waals surface area contributed by atoms with Crippen LogP contribution in [0.2, 0.25) is 5.02 Å². The number of halogens is 1. The summed E-state index contributed by atoms with van der Waals surface area (Å²) in [5.41, 5.74) is 4.39. The van der Waals surface area contributed by atoms with E-state index in [1.54, 1.807) is 48.7 Å². The number of carbonyl (C=O) groups is 1. The van der Waals surface area contributed by atoms with Gasteiger partial charge in [0.25, 0.3) is 0 Å². The Hall–Kier alpha value is -4.42. The van der Waals surface area contributed by atoms with E-state index >= 15 is 0 Å². The number of rotatable bonds is 6. The van der Waals surface area contributed by atoms with Crippen LogP contribution in [0.5, 0.6) is 11.5 Å². The van der Waals surface area contributed by atoms with E-state index in [4.69, 9.17) is 25.5 Å². The largest absolute Gasteiger partial charge is 0.493 e. The van der Waals surface area contributed by atoms with Crippen molar-refractivity contribution in [3.05, 3.63) is 107 Å². The Morgan fingerprint density at radius 3 is 2.46 bits per heavy atom. The summed E-state index contributed by atoms with van der Waals surface area (Å²) in [6.45, 7) is 0. The van der Waals surface area contributed by atoms with E-state index in [-0.39, 0.29) is 0 Å². The standard InChI is InChI=1S/C28H19ClN2O4/c1-33-26-16-18(6-15-25(26)35-28(32)20-7-11-21(29)12-8-20)17-30-22-13-9-19(10-14-22)27-31-23-4-2-3-5-24(23)34-27/h2-17H,1H3. The number of fused-ring (bicyclic) bond motifs is 1. The van der Waals surface area contributed by atoms with Crippen LogP contribution in [-0.2, 0) is 0 Å². The highest BCUT2D eigenvalue weighted by molar-refractivity contribution is 6.30. The second kappa shape index (κ2) is 9.83. The predicted octanol–water partition coefficient (Wildman–Crippen LogP) is 7.13. The molecule has 5 rings (SSSR count). The molecule has 0 atom stereocenters. The number of aliphatic imine (C=N–C) groups is 1. The smallest absolute Gasteiger partial charge is 0.343 e. The van der Waals surface area contributed by atoms with Crippen LogP contribution in [0.25, 0.3) is 22.6 Å². The number of methoxy groups -OCH3 is 1. The molecule has 0 fully saturated rings. The number of nitrogens with zero attached hydrogens (tertiary/aromatic N) is 2. The molecule has 0 bridgehead atoms. The molecule has 0 radical (unpaired) electrons. The second-order valence-electron chi connectivity index (χ2n) is 7.60. The molecule has 1 aromatic heterocycles. The van der Waals surface area contributed by atoms with Crippen LogP contribution < -0.4 is 9.47 Å². The van der Waals surface area contributed by atoms with E-state index in [1.165, 1.54) is 7.11 Å². The maximum Gasteiger partial charge on any atom is 0.343 e. The van der Waals surface area contributed by atoms with E-state index in [0.717, 1.165) is 27.9 Å². The van der Waals surface area contributed by atoms with Gasteiger partial charge in [-0.05, 0) is 84.4 Å². The zero-order chi connectivity index (χ0) is 24.2. The number of hydrogen-bond acceptors (Lipinski definition) is 6. The van der Waals surface area contributed by atoms with E-state index in [9.17, 15) is 4.79 Å². The number of benzene rings is 4. The fourth-order valence-electron chi connectivity index (χ4n) is 3.43. The minimum Gasteiger partial charge on any atom is -0.493 e. The molecule has 0 saturated carbocycles. The summed E-state index contributed by atoms with van der Waals surface area (Å²) in [4.78, 5) is 21.5. The molecular formula is C28H19ClN2O4. The van der Waals surface area contributed by atoms with E-state index < -0.39 is 5.97 Å². The van der Waals surface area contributed by atoms with Crippen LogP contribution in [0.1, 0.15) is 15.9 Å². The van der Waals surface area contributed by atoms with Gasteiger partial charge in [-0.1, -0.05) is 23.7 Å². The zero-order valence-electron chi connectivity index (χ0n) is 18.6. The van der Waals surface area contributed by atoms with E-state index in [1.807, 2.05) is 48.5 Å². The molecule has 7 heteroatoms. The minimum atomic E-state index is -0.500. The average Bonchev–Trinajstić information content (AvgIpc) is 3.33. The average molecular weight is 483 g/mol. The number of oxazole rings is 1. The third-order valence-electron chi connectivity index (χ3n) is 5.24. The lowest BCUT2D eigenvalue weighted by atomic mass is 10.2. The number of ether oxygens (including phenoxy) is 2. The molecule has 0 aliphatic carbocycles. The van der Waals surface area contributed by atoms with Crippen molar-refractivity contribution in [2.45, 2.75) is 0 Å². The number of esters is 1. The Kier molecular flexibility index (Phi) is 6.28. The van der Waals surface area contributed by atoms with Crippen molar-refractivity contribution < 1.29 is 18.7 Å². The van der Waals surface area contributed by atoms with Crippen molar-refractivity contribution in [1.29, 1.82) is 0 Å². The van der Waals surface area contributed by atoms with Gasteiger partial charge >= 0.3 is 5.97 Å². The molecule has 0 aliphatic rings. The summed E-state index contributed by atoms with van der Waals surface area (Å²) in [5.74, 6) is 0.797. The minimum absolute atomic E-state index is 0.312. The van der Waals surface area contributed by atoms with Crippen molar-refractivity contribution in [2.24, 2.45) is 4.99 Å². The maximum atomic E-state index is 12.4. The molecule has 6 nitrogen and oxygen atoms in total. The van der Waals surface area contributed by atoms with Crippen LogP contribution in [0.4, 0.5) is 5.69 Å². The molecule has 0 N–H and O–H groups in total. The van der Waals surface area contributed by atoms with Gasteiger partial charge < -0.3 is 13.9 Å². The maximum absolute atomic E-state index is 12.4. The van der Waals surface area contributed by atoms with Gasteiger partial charge in [0.05, 0.1) is 18.4 Å². The van der Waals surface area contributed by atoms with E-state index in [2.05, 4.69) is 9.98 Å². The quantitative estimate of drug-likeness (QED) is 0.146. The van der Waals surface area contributed by atoms with Crippen LogP contribution in [-0.4, -0.2) is 24.3 Å². The summed E-state index contributed by atoms with van der Waals surface area (Å²) in [6, 6.07) is 27.0. The van der Waals surface area contributed by atoms with Crippen molar-refractivity contribution in [1.82, 2.24) is 4.98 Å². The first-order valence-electron chi connectivity index (χ1n) is 10.7. The first kappa shape index (κ1) is 22.4. The van der Waals surface area contributed by atoms with Gasteiger partial charge in [-0.3, -0.25) is 4.99 Å². The summed E-state index contributed by atoms with van der Waals surface area (Å²) in [6.07, 6.45) is 1.71. The lowest BCUT2D eigenvalue weighted by Gasteiger charge is -2.10. The van der Waals surface area contributed by atoms with E-state index in [0.29, 0.717) is 28.0 Å². The van der Waals surface area contributed by atoms with Crippen molar-refractivity contribution >= 4 is 40.6 Å². The molecule has 0 unspecified atom stereocenters. The van der Waals surface area contributed by atoms with Gasteiger partial charge in [-0.25, -0.2) is 9.78 Å². The topological polar surface area (TPSA) is 73.9 Å². The number of carbonyl (C=O) groups excluding carboxylic acids is 1. The highest BCUT2D eigenvalue weighted by Crippen LogP contribution is 2.29. The fraction of sp³-hybridized carbons (Fsp3) is 0.0357. The van der Waals surface area contributed by atoms with Gasteiger partial charge in [0.2, 0.25) is 5.89 Å². The Labute approximate surface area is 206 Å². The monoisotopic (exact) mass is 482 g/mol. The van der Waals surface area contributed by atoms with Crippen molar-refractivity contribution in [3.63, 3.8) is 0 Å². The highest BCUT2D eigenvalue weighted by atomic mass is 35.5. The molecule has 4 aromatic carbocycles. The first-order valence-corrected chi connectivity index (χ1v) is 11.1. The summed E-state index contributed by atoms with van der Waals surface area (Å²) in [7, 11) is 1.51. The predicted molar refractivity (Wildman–Crippen MR) is 136 cm³/mol. The van der Waals surface area contributed by atoms with Crippen LogP contribution in [0.3, 0.4) is 0 Å². The molecule has 35 heavy (non-hydrogen) atoms. The van der Waals surface area contributed by atoms with Crippen molar-refractivity contribution in [2.75, 3.05) is 7.11 Å².